The largest absolute Gasteiger partial charge is 0.491 e. The average molecular weight is 372 g/mol. The molecule has 1 N–H and O–H groups in total. The Morgan fingerprint density at radius 1 is 1.23 bits per heavy atom. The average Bonchev–Trinajstić information content (AvgIpc) is 3.30. The fourth-order valence-electron chi connectivity index (χ4n) is 3.42. The quantitative estimate of drug-likeness (QED) is 0.809. The molecule has 2 fully saturated rings. The molecule has 1 atom stereocenters. The number of anilines is 1. The highest BCUT2D eigenvalue weighted by Crippen LogP contribution is 2.49. The normalized spacial score (nSPS) is 20.6. The van der Waals surface area contributed by atoms with Crippen LogP contribution in [0.15, 0.2) is 48.5 Å². The molecule has 2 aromatic carbocycles. The molecule has 0 bridgehead atoms. The molecule has 4 rings (SSSR count). The third kappa shape index (κ3) is 3.71. The van der Waals surface area contributed by atoms with E-state index in [1.165, 1.54) is 0 Å². The fraction of sp³-hybridized carbons (Fsp3) is 0.381. The van der Waals surface area contributed by atoms with E-state index < -0.39 is 5.41 Å². The Bertz CT molecular complexity index is 780. The lowest BCUT2D eigenvalue weighted by molar-refractivity contribution is -0.118. The molecule has 5 heteroatoms. The SMILES string of the molecule is O=C(Nc1cccc(OCC2CCCO2)c1)C1(c2ccc(Cl)cc2)CC1. The van der Waals surface area contributed by atoms with Gasteiger partial charge in [-0.2, -0.15) is 0 Å². The van der Waals surface area contributed by atoms with Gasteiger partial charge in [0.05, 0.1) is 11.5 Å². The number of hydrogen-bond donors (Lipinski definition) is 1. The number of nitrogens with one attached hydrogen (secondary N) is 1. The summed E-state index contributed by atoms with van der Waals surface area (Å²) in [5, 5.41) is 3.72. The summed E-state index contributed by atoms with van der Waals surface area (Å²) in [6.45, 7) is 1.36. The van der Waals surface area contributed by atoms with Gasteiger partial charge in [0.25, 0.3) is 0 Å². The van der Waals surface area contributed by atoms with Crippen LogP contribution >= 0.6 is 11.6 Å². The zero-order valence-electron chi connectivity index (χ0n) is 14.5. The lowest BCUT2D eigenvalue weighted by atomic mass is 9.95. The van der Waals surface area contributed by atoms with Crippen LogP contribution in [-0.4, -0.2) is 25.2 Å². The van der Waals surface area contributed by atoms with Crippen LogP contribution in [0.5, 0.6) is 5.75 Å². The number of amides is 1. The molecule has 2 aliphatic rings. The van der Waals surface area contributed by atoms with E-state index in [0.717, 1.165) is 49.3 Å². The zero-order chi connectivity index (χ0) is 18.0. The summed E-state index contributed by atoms with van der Waals surface area (Å²) in [7, 11) is 0. The van der Waals surface area contributed by atoms with E-state index in [9.17, 15) is 4.79 Å². The van der Waals surface area contributed by atoms with Gasteiger partial charge >= 0.3 is 0 Å². The molecule has 1 saturated heterocycles. The Kier molecular flexibility index (Phi) is 4.88. The van der Waals surface area contributed by atoms with Crippen molar-refractivity contribution in [2.24, 2.45) is 0 Å². The summed E-state index contributed by atoms with van der Waals surface area (Å²) < 4.78 is 11.4. The molecular formula is C21H22ClNO3. The molecule has 0 spiro atoms. The van der Waals surface area contributed by atoms with E-state index in [0.29, 0.717) is 11.6 Å². The Balaban J connectivity index is 1.41. The second-order valence-corrected chi connectivity index (χ2v) is 7.45. The van der Waals surface area contributed by atoms with E-state index in [-0.39, 0.29) is 12.0 Å². The van der Waals surface area contributed by atoms with Crippen LogP contribution in [0, 0.1) is 0 Å². The summed E-state index contributed by atoms with van der Waals surface area (Å²) in [4.78, 5) is 12.9. The molecule has 26 heavy (non-hydrogen) atoms. The van der Waals surface area contributed by atoms with Crippen molar-refractivity contribution in [1.29, 1.82) is 0 Å². The summed E-state index contributed by atoms with van der Waals surface area (Å²) >= 11 is 5.96. The summed E-state index contributed by atoms with van der Waals surface area (Å²) in [6.07, 6.45) is 4.02. The van der Waals surface area contributed by atoms with Crippen LogP contribution in [0.1, 0.15) is 31.2 Å². The van der Waals surface area contributed by atoms with Crippen LogP contribution in [-0.2, 0) is 14.9 Å². The minimum absolute atomic E-state index is 0.0242. The van der Waals surface area contributed by atoms with Gasteiger partial charge in [-0.3, -0.25) is 4.79 Å². The van der Waals surface area contributed by atoms with Gasteiger partial charge in [-0.1, -0.05) is 29.8 Å². The van der Waals surface area contributed by atoms with Crippen molar-refractivity contribution in [2.75, 3.05) is 18.5 Å². The highest BCUT2D eigenvalue weighted by Gasteiger charge is 2.51. The van der Waals surface area contributed by atoms with E-state index in [1.54, 1.807) is 0 Å². The molecule has 1 amide bonds. The van der Waals surface area contributed by atoms with Gasteiger partial charge in [0.15, 0.2) is 0 Å². The van der Waals surface area contributed by atoms with Gasteiger partial charge in [-0.15, -0.1) is 0 Å². The monoisotopic (exact) mass is 371 g/mol. The molecular weight excluding hydrogens is 350 g/mol. The smallest absolute Gasteiger partial charge is 0.235 e. The van der Waals surface area contributed by atoms with Gasteiger partial charge in [0, 0.05) is 23.4 Å². The molecule has 136 valence electrons. The Morgan fingerprint density at radius 2 is 2.04 bits per heavy atom. The Hall–Kier alpha value is -2.04. The third-order valence-electron chi connectivity index (χ3n) is 5.13. The van der Waals surface area contributed by atoms with Gasteiger partial charge in [0.1, 0.15) is 12.4 Å². The van der Waals surface area contributed by atoms with E-state index >= 15 is 0 Å². The van der Waals surface area contributed by atoms with Gasteiger partial charge in [-0.25, -0.2) is 0 Å². The number of ether oxygens (including phenoxy) is 2. The molecule has 1 saturated carbocycles. The highest BCUT2D eigenvalue weighted by atomic mass is 35.5. The second-order valence-electron chi connectivity index (χ2n) is 7.02. The van der Waals surface area contributed by atoms with Crippen LogP contribution in [0.3, 0.4) is 0 Å². The molecule has 1 aliphatic carbocycles. The van der Waals surface area contributed by atoms with E-state index in [2.05, 4.69) is 5.32 Å². The lowest BCUT2D eigenvalue weighted by Gasteiger charge is -2.17. The number of carbonyl (C=O) groups excluding carboxylic acids is 1. The summed E-state index contributed by atoms with van der Waals surface area (Å²) in [5.41, 5.74) is 1.34. The maximum Gasteiger partial charge on any atom is 0.235 e. The molecule has 1 heterocycles. The first-order valence-corrected chi connectivity index (χ1v) is 9.45. The molecule has 4 nitrogen and oxygen atoms in total. The Labute approximate surface area is 158 Å². The molecule has 1 aliphatic heterocycles. The van der Waals surface area contributed by atoms with Crippen LogP contribution in [0.4, 0.5) is 5.69 Å². The lowest BCUT2D eigenvalue weighted by Crippen LogP contribution is -2.27. The van der Waals surface area contributed by atoms with Crippen LogP contribution < -0.4 is 10.1 Å². The summed E-state index contributed by atoms with van der Waals surface area (Å²) in [6, 6.07) is 15.1. The number of benzene rings is 2. The number of hydrogen-bond acceptors (Lipinski definition) is 3. The van der Waals surface area contributed by atoms with Crippen molar-refractivity contribution in [3.63, 3.8) is 0 Å². The van der Waals surface area contributed by atoms with Crippen molar-refractivity contribution in [1.82, 2.24) is 0 Å². The van der Waals surface area contributed by atoms with Crippen molar-refractivity contribution < 1.29 is 14.3 Å². The Morgan fingerprint density at radius 3 is 2.73 bits per heavy atom. The van der Waals surface area contributed by atoms with Crippen molar-refractivity contribution in [2.45, 2.75) is 37.2 Å². The van der Waals surface area contributed by atoms with E-state index in [4.69, 9.17) is 21.1 Å². The first kappa shape index (κ1) is 17.4. The maximum atomic E-state index is 12.9. The van der Waals surface area contributed by atoms with Crippen molar-refractivity contribution >= 4 is 23.2 Å². The van der Waals surface area contributed by atoms with Gasteiger partial charge < -0.3 is 14.8 Å². The fourth-order valence-corrected chi connectivity index (χ4v) is 3.55. The predicted octanol–water partition coefficient (Wildman–Crippen LogP) is 4.57. The predicted molar refractivity (Wildman–Crippen MR) is 102 cm³/mol. The minimum atomic E-state index is -0.431. The van der Waals surface area contributed by atoms with E-state index in [1.807, 2.05) is 48.5 Å². The molecule has 2 aromatic rings. The second kappa shape index (κ2) is 7.29. The molecule has 0 radical (unpaired) electrons. The first-order chi connectivity index (χ1) is 12.7. The number of halogens is 1. The molecule has 1 unspecified atom stereocenters. The maximum absolute atomic E-state index is 12.9. The summed E-state index contributed by atoms with van der Waals surface area (Å²) in [5.74, 6) is 0.769. The number of carbonyl (C=O) groups is 1. The van der Waals surface area contributed by atoms with Crippen LogP contribution in [0.25, 0.3) is 0 Å². The third-order valence-corrected chi connectivity index (χ3v) is 5.39. The standard InChI is InChI=1S/C21H22ClNO3/c22-16-8-6-15(7-9-16)21(10-11-21)20(24)23-17-3-1-4-18(13-17)26-14-19-5-2-12-25-19/h1,3-4,6-9,13,19H,2,5,10-12,14H2,(H,23,24). The van der Waals surface area contributed by atoms with Crippen LogP contribution in [0.2, 0.25) is 5.02 Å². The zero-order valence-corrected chi connectivity index (χ0v) is 15.3. The van der Waals surface area contributed by atoms with Gasteiger partial charge in [0.2, 0.25) is 5.91 Å². The number of rotatable bonds is 6. The minimum Gasteiger partial charge on any atom is -0.491 e. The highest BCUT2D eigenvalue weighted by molar-refractivity contribution is 6.30. The first-order valence-electron chi connectivity index (χ1n) is 9.08. The molecule has 0 aromatic heterocycles. The van der Waals surface area contributed by atoms with Crippen molar-refractivity contribution in [3.8, 4) is 5.75 Å². The topological polar surface area (TPSA) is 47.6 Å². The van der Waals surface area contributed by atoms with Gasteiger partial charge in [-0.05, 0) is 55.5 Å². The van der Waals surface area contributed by atoms with Crippen molar-refractivity contribution in [3.05, 3.63) is 59.1 Å².